The minimum atomic E-state index is -5.11. The Hall–Kier alpha value is -4.37. The first kappa shape index (κ1) is 34.0. The van der Waals surface area contributed by atoms with Crippen LogP contribution in [0, 0.1) is 11.7 Å². The van der Waals surface area contributed by atoms with Crippen molar-refractivity contribution in [1.82, 2.24) is 14.7 Å². The zero-order valence-corrected chi connectivity index (χ0v) is 25.3. The van der Waals surface area contributed by atoms with E-state index in [4.69, 9.17) is 4.74 Å². The number of likely N-dealkylation sites (tertiary alicyclic amines) is 1. The molecule has 2 aromatic rings. The second-order valence-corrected chi connectivity index (χ2v) is 12.0. The van der Waals surface area contributed by atoms with Crippen LogP contribution in [0.4, 0.5) is 46.0 Å². The predicted molar refractivity (Wildman–Crippen MR) is 151 cm³/mol. The lowest BCUT2D eigenvalue weighted by atomic mass is 9.84. The fraction of sp³-hybridized carbons (Fsp3) is 0.484. The van der Waals surface area contributed by atoms with Crippen molar-refractivity contribution in [3.63, 3.8) is 0 Å². The number of rotatable bonds is 5. The van der Waals surface area contributed by atoms with Gasteiger partial charge in [-0.1, -0.05) is 12.1 Å². The molecule has 5 rings (SSSR count). The van der Waals surface area contributed by atoms with Gasteiger partial charge in [-0.05, 0) is 61.6 Å². The van der Waals surface area contributed by atoms with E-state index < -0.39 is 76.9 Å². The number of alkyl halides is 6. The highest BCUT2D eigenvalue weighted by Crippen LogP contribution is 2.40. The van der Waals surface area contributed by atoms with Crippen molar-refractivity contribution < 1.29 is 54.6 Å². The van der Waals surface area contributed by atoms with Crippen LogP contribution in [-0.2, 0) is 26.7 Å². The molecule has 0 spiro atoms. The van der Waals surface area contributed by atoms with Crippen molar-refractivity contribution in [3.05, 3.63) is 65.0 Å². The molecule has 2 aliphatic heterocycles. The number of urea groups is 1. The molecule has 1 aliphatic carbocycles. The first-order valence-corrected chi connectivity index (χ1v) is 14.8. The van der Waals surface area contributed by atoms with Gasteiger partial charge in [0.2, 0.25) is 5.91 Å². The number of hydrogen-bond donors (Lipinski definition) is 0. The SMILES string of the molecule is CN(C(=O)N(C)[C@@H]1CN(C(=O)[C@H]2CC[C@H](N3C(=O)COC3=O)CC2)C[C@H]1c1ccc(F)cc1)c1cc(C(F)(F)F)cc(C(F)(F)F)c1. The molecule has 0 N–H and O–H groups in total. The Morgan fingerprint density at radius 2 is 1.43 bits per heavy atom. The summed E-state index contributed by atoms with van der Waals surface area (Å²) in [6.45, 7) is -0.227. The second kappa shape index (κ2) is 12.7. The van der Waals surface area contributed by atoms with Crippen LogP contribution in [0.15, 0.2) is 42.5 Å². The molecule has 47 heavy (non-hydrogen) atoms. The van der Waals surface area contributed by atoms with Crippen molar-refractivity contribution >= 4 is 29.6 Å². The van der Waals surface area contributed by atoms with Gasteiger partial charge in [-0.25, -0.2) is 18.9 Å². The Morgan fingerprint density at radius 1 is 0.851 bits per heavy atom. The lowest BCUT2D eigenvalue weighted by molar-refractivity contribution is -0.143. The molecule has 0 bridgehead atoms. The maximum Gasteiger partial charge on any atom is 0.417 e. The van der Waals surface area contributed by atoms with E-state index in [0.717, 1.165) is 16.8 Å². The third-order valence-electron chi connectivity index (χ3n) is 9.14. The van der Waals surface area contributed by atoms with Gasteiger partial charge in [0.25, 0.3) is 5.91 Å². The molecule has 2 atom stereocenters. The molecule has 1 saturated carbocycles. The van der Waals surface area contributed by atoms with Crippen LogP contribution >= 0.6 is 0 Å². The van der Waals surface area contributed by atoms with E-state index in [9.17, 15) is 49.9 Å². The van der Waals surface area contributed by atoms with Crippen LogP contribution in [0.5, 0.6) is 0 Å². The number of carbonyl (C=O) groups is 4. The fourth-order valence-electron chi connectivity index (χ4n) is 6.57. The highest BCUT2D eigenvalue weighted by atomic mass is 19.4. The van der Waals surface area contributed by atoms with Gasteiger partial charge in [0.05, 0.1) is 17.2 Å². The fourth-order valence-corrected chi connectivity index (χ4v) is 6.57. The maximum absolute atomic E-state index is 13.8. The minimum Gasteiger partial charge on any atom is -0.439 e. The van der Waals surface area contributed by atoms with E-state index in [1.807, 2.05) is 0 Å². The number of halogens is 7. The lowest BCUT2D eigenvalue weighted by Gasteiger charge is -2.34. The molecule has 5 amide bonds. The standard InChI is InChI=1S/C31H31F7N4O5/c1-39(23-12-19(30(33,34)35)11-20(13-23)31(36,37)38)28(45)40(2)25-15-41(14-24(25)17-3-7-21(32)8-4-17)27(44)18-5-9-22(10-6-18)42-26(43)16-47-29(42)46/h3-4,7-8,11-13,18,22,24-25H,5-6,9-10,14-16H2,1-2H3/t18-,22-,24-,25+/m0/s1. The number of cyclic esters (lactones) is 1. The van der Waals surface area contributed by atoms with E-state index >= 15 is 0 Å². The molecule has 3 aliphatic rings. The molecule has 3 fully saturated rings. The summed E-state index contributed by atoms with van der Waals surface area (Å²) < 4.78 is 99.5. The average molecular weight is 673 g/mol. The first-order valence-electron chi connectivity index (χ1n) is 14.8. The number of amides is 5. The Labute approximate surface area is 264 Å². The minimum absolute atomic E-state index is 0.00971. The van der Waals surface area contributed by atoms with E-state index in [2.05, 4.69) is 0 Å². The highest BCUT2D eigenvalue weighted by molar-refractivity contribution is 5.98. The summed E-state index contributed by atoms with van der Waals surface area (Å²) in [5.74, 6) is -2.23. The topological polar surface area (TPSA) is 90.5 Å². The molecular weight excluding hydrogens is 641 g/mol. The molecule has 2 aromatic carbocycles. The quantitative estimate of drug-likeness (QED) is 0.370. The molecule has 0 radical (unpaired) electrons. The Morgan fingerprint density at radius 3 is 1.94 bits per heavy atom. The molecule has 2 saturated heterocycles. The number of carbonyl (C=O) groups excluding carboxylic acids is 4. The number of imide groups is 1. The molecule has 254 valence electrons. The van der Waals surface area contributed by atoms with Crippen molar-refractivity contribution in [2.75, 3.05) is 38.7 Å². The van der Waals surface area contributed by atoms with Crippen LogP contribution in [-0.4, -0.2) is 84.5 Å². The Bertz CT molecular complexity index is 1490. The van der Waals surface area contributed by atoms with Gasteiger partial charge in [-0.15, -0.1) is 0 Å². The number of nitrogens with zero attached hydrogens (tertiary/aromatic N) is 4. The highest BCUT2D eigenvalue weighted by Gasteiger charge is 2.45. The van der Waals surface area contributed by atoms with Gasteiger partial charge in [-0.2, -0.15) is 26.3 Å². The third kappa shape index (κ3) is 7.00. The maximum atomic E-state index is 13.8. The van der Waals surface area contributed by atoms with Crippen LogP contribution in [0.2, 0.25) is 0 Å². The van der Waals surface area contributed by atoms with Crippen molar-refractivity contribution in [1.29, 1.82) is 0 Å². The van der Waals surface area contributed by atoms with Gasteiger partial charge in [0.15, 0.2) is 6.61 Å². The summed E-state index contributed by atoms with van der Waals surface area (Å²) in [6, 6.07) is 4.17. The van der Waals surface area contributed by atoms with Crippen LogP contribution < -0.4 is 4.90 Å². The van der Waals surface area contributed by atoms with Crippen molar-refractivity contribution in [2.24, 2.45) is 5.92 Å². The van der Waals surface area contributed by atoms with E-state index in [0.29, 0.717) is 48.3 Å². The van der Waals surface area contributed by atoms with Crippen molar-refractivity contribution in [2.45, 2.75) is 56.0 Å². The van der Waals surface area contributed by atoms with E-state index in [-0.39, 0.29) is 31.7 Å². The number of anilines is 1. The number of likely N-dealkylation sites (N-methyl/N-ethyl adjacent to an activating group) is 1. The summed E-state index contributed by atoms with van der Waals surface area (Å²) in [5.41, 5.74) is -3.22. The number of benzene rings is 2. The second-order valence-electron chi connectivity index (χ2n) is 12.0. The van der Waals surface area contributed by atoms with E-state index in [1.165, 1.54) is 36.2 Å². The third-order valence-corrected chi connectivity index (χ3v) is 9.14. The zero-order valence-electron chi connectivity index (χ0n) is 25.3. The largest absolute Gasteiger partial charge is 0.439 e. The summed E-state index contributed by atoms with van der Waals surface area (Å²) in [4.78, 5) is 55.8. The molecule has 0 unspecified atom stereocenters. The monoisotopic (exact) mass is 672 g/mol. The van der Waals surface area contributed by atoms with Crippen molar-refractivity contribution in [3.8, 4) is 0 Å². The molecule has 0 aromatic heterocycles. The molecule has 2 heterocycles. The summed E-state index contributed by atoms with van der Waals surface area (Å²) in [5, 5.41) is 0. The van der Waals surface area contributed by atoms with Gasteiger partial charge in [0, 0.05) is 50.7 Å². The van der Waals surface area contributed by atoms with Crippen LogP contribution in [0.3, 0.4) is 0 Å². The van der Waals surface area contributed by atoms with Crippen LogP contribution in [0.25, 0.3) is 0 Å². The smallest absolute Gasteiger partial charge is 0.417 e. The summed E-state index contributed by atoms with van der Waals surface area (Å²) in [6.07, 6.45) is -9.43. The van der Waals surface area contributed by atoms with E-state index in [1.54, 1.807) is 0 Å². The molecular formula is C31H31F7N4O5. The predicted octanol–water partition coefficient (Wildman–Crippen LogP) is 5.88. The molecule has 9 nitrogen and oxygen atoms in total. The lowest BCUT2D eigenvalue weighted by Crippen LogP contribution is -2.48. The van der Waals surface area contributed by atoms with Gasteiger partial charge < -0.3 is 14.5 Å². The normalized spacial score (nSPS) is 23.6. The Kier molecular flexibility index (Phi) is 9.16. The van der Waals surface area contributed by atoms with Crippen LogP contribution in [0.1, 0.15) is 48.3 Å². The van der Waals surface area contributed by atoms with Gasteiger partial charge >= 0.3 is 24.5 Å². The number of hydrogen-bond acceptors (Lipinski definition) is 5. The summed E-state index contributed by atoms with van der Waals surface area (Å²) in [7, 11) is 2.39. The zero-order chi connectivity index (χ0) is 34.4. The first-order chi connectivity index (χ1) is 22.0. The van der Waals surface area contributed by atoms with Gasteiger partial charge in [0.1, 0.15) is 5.82 Å². The van der Waals surface area contributed by atoms with Gasteiger partial charge in [-0.3, -0.25) is 14.5 Å². The summed E-state index contributed by atoms with van der Waals surface area (Å²) >= 11 is 0. The number of ether oxygens (including phenoxy) is 1. The molecule has 16 heteroatoms. The Balaban J connectivity index is 1.36. The average Bonchev–Trinajstić information content (AvgIpc) is 3.62.